The van der Waals surface area contributed by atoms with E-state index >= 15 is 0 Å². The summed E-state index contributed by atoms with van der Waals surface area (Å²) in [6.45, 7) is 1.44. The average Bonchev–Trinajstić information content (AvgIpc) is 2.70. The van der Waals surface area contributed by atoms with Gasteiger partial charge in [-0.2, -0.15) is 0 Å². The van der Waals surface area contributed by atoms with Crippen LogP contribution >= 0.6 is 27.3 Å². The molecule has 1 aromatic carbocycles. The number of ketones is 1. The van der Waals surface area contributed by atoms with Crippen molar-refractivity contribution in [1.29, 1.82) is 0 Å². The van der Waals surface area contributed by atoms with Crippen molar-refractivity contribution < 1.29 is 9.18 Å². The van der Waals surface area contributed by atoms with Gasteiger partial charge >= 0.3 is 0 Å². The van der Waals surface area contributed by atoms with Crippen molar-refractivity contribution in [2.45, 2.75) is 6.92 Å². The number of nitrogens with zero attached hydrogens (tertiary/aromatic N) is 1. The Hall–Kier alpha value is -1.07. The molecular weight excluding hydrogens is 293 g/mol. The first-order valence-corrected chi connectivity index (χ1v) is 6.17. The van der Waals surface area contributed by atoms with Crippen LogP contribution in [0.5, 0.6) is 0 Å². The van der Waals surface area contributed by atoms with Crippen LogP contribution in [0.3, 0.4) is 0 Å². The molecule has 0 saturated heterocycles. The highest BCUT2D eigenvalue weighted by Gasteiger charge is 2.11. The molecule has 2 rings (SSSR count). The Labute approximate surface area is 104 Å². The highest BCUT2D eigenvalue weighted by atomic mass is 79.9. The Morgan fingerprint density at radius 1 is 1.50 bits per heavy atom. The highest BCUT2D eigenvalue weighted by molar-refractivity contribution is 9.10. The summed E-state index contributed by atoms with van der Waals surface area (Å²) < 4.78 is 14.3. The van der Waals surface area contributed by atoms with Gasteiger partial charge in [-0.1, -0.05) is 15.9 Å². The summed E-state index contributed by atoms with van der Waals surface area (Å²) in [6, 6.07) is 4.64. The summed E-state index contributed by atoms with van der Waals surface area (Å²) in [7, 11) is 0. The number of carbonyl (C=O) groups is 1. The normalized spacial score (nSPS) is 10.4. The summed E-state index contributed by atoms with van der Waals surface area (Å²) in [4.78, 5) is 15.2. The van der Waals surface area contributed by atoms with Gasteiger partial charge < -0.3 is 0 Å². The van der Waals surface area contributed by atoms with Crippen molar-refractivity contribution in [3.05, 3.63) is 38.9 Å². The minimum atomic E-state index is -0.344. The van der Waals surface area contributed by atoms with Gasteiger partial charge in [0.05, 0.1) is 5.69 Å². The second kappa shape index (κ2) is 4.43. The number of halogens is 2. The van der Waals surface area contributed by atoms with E-state index in [1.807, 2.05) is 0 Å². The summed E-state index contributed by atoms with van der Waals surface area (Å²) in [5.41, 5.74) is 0.895. The predicted molar refractivity (Wildman–Crippen MR) is 65.2 cm³/mol. The molecule has 0 amide bonds. The minimum Gasteiger partial charge on any atom is -0.292 e. The van der Waals surface area contributed by atoms with Gasteiger partial charge in [0.2, 0.25) is 0 Å². The fourth-order valence-corrected chi connectivity index (χ4v) is 2.33. The smallest absolute Gasteiger partial charge is 0.188 e. The number of rotatable bonds is 2. The van der Waals surface area contributed by atoms with E-state index in [-0.39, 0.29) is 11.6 Å². The van der Waals surface area contributed by atoms with Gasteiger partial charge in [0.15, 0.2) is 10.8 Å². The topological polar surface area (TPSA) is 30.0 Å². The van der Waals surface area contributed by atoms with Crippen molar-refractivity contribution in [1.82, 2.24) is 4.98 Å². The van der Waals surface area contributed by atoms with E-state index in [9.17, 15) is 9.18 Å². The Kier molecular flexibility index (Phi) is 3.16. The zero-order chi connectivity index (χ0) is 11.7. The molecule has 0 bridgehead atoms. The molecule has 16 heavy (non-hydrogen) atoms. The molecule has 0 aliphatic rings. The molecule has 0 atom stereocenters. The lowest BCUT2D eigenvalue weighted by Crippen LogP contribution is -1.91. The number of thiazole rings is 1. The first kappa shape index (κ1) is 11.4. The second-order valence-corrected chi connectivity index (χ2v) is 4.99. The van der Waals surface area contributed by atoms with Crippen LogP contribution in [0.15, 0.2) is 28.1 Å². The average molecular weight is 300 g/mol. The first-order chi connectivity index (χ1) is 7.58. The fourth-order valence-electron chi connectivity index (χ4n) is 1.25. The van der Waals surface area contributed by atoms with Gasteiger partial charge in [-0.25, -0.2) is 9.37 Å². The second-order valence-electron chi connectivity index (χ2n) is 3.22. The van der Waals surface area contributed by atoms with E-state index in [1.165, 1.54) is 24.3 Å². The zero-order valence-corrected chi connectivity index (χ0v) is 10.7. The lowest BCUT2D eigenvalue weighted by Gasteiger charge is -1.99. The monoisotopic (exact) mass is 299 g/mol. The Morgan fingerprint density at radius 3 is 2.88 bits per heavy atom. The Morgan fingerprint density at radius 2 is 2.25 bits per heavy atom. The molecule has 2 nitrogen and oxygen atoms in total. The van der Waals surface area contributed by atoms with E-state index in [4.69, 9.17) is 0 Å². The van der Waals surface area contributed by atoms with E-state index in [0.29, 0.717) is 16.3 Å². The zero-order valence-electron chi connectivity index (χ0n) is 8.33. The Bertz CT molecular complexity index is 553. The number of hydrogen-bond acceptors (Lipinski definition) is 3. The summed E-state index contributed by atoms with van der Waals surface area (Å²) in [5.74, 6) is -0.449. The molecule has 2 aromatic rings. The molecular formula is C11H7BrFNOS. The number of aromatic nitrogens is 1. The van der Waals surface area contributed by atoms with E-state index in [0.717, 1.165) is 4.47 Å². The number of carbonyl (C=O) groups excluding carboxylic acids is 1. The number of benzene rings is 1. The van der Waals surface area contributed by atoms with Gasteiger partial charge in [0, 0.05) is 22.3 Å². The van der Waals surface area contributed by atoms with E-state index in [2.05, 4.69) is 20.9 Å². The molecule has 1 heterocycles. The maximum absolute atomic E-state index is 13.5. The third-order valence-corrected chi connectivity index (χ3v) is 3.45. The van der Waals surface area contributed by atoms with Crippen LogP contribution in [0.4, 0.5) is 4.39 Å². The number of Topliss-reactive ketones (excluding diaryl/α,β-unsaturated/α-hetero) is 1. The van der Waals surface area contributed by atoms with Crippen LogP contribution in [-0.4, -0.2) is 10.8 Å². The van der Waals surface area contributed by atoms with Crippen molar-refractivity contribution in [2.75, 3.05) is 0 Å². The summed E-state index contributed by atoms with van der Waals surface area (Å²) >= 11 is 4.50. The van der Waals surface area contributed by atoms with E-state index in [1.54, 1.807) is 17.5 Å². The largest absolute Gasteiger partial charge is 0.292 e. The van der Waals surface area contributed by atoms with Gasteiger partial charge in [-0.3, -0.25) is 4.79 Å². The highest BCUT2D eigenvalue weighted by Crippen LogP contribution is 2.27. The minimum absolute atomic E-state index is 0.105. The van der Waals surface area contributed by atoms with Crippen LogP contribution < -0.4 is 0 Å². The van der Waals surface area contributed by atoms with Crippen molar-refractivity contribution >= 4 is 33.0 Å². The molecule has 0 aliphatic heterocycles. The quantitative estimate of drug-likeness (QED) is 0.787. The standard InChI is InChI=1S/C11H7BrFNOS/c1-6(15)11-14-10(5-16-11)8-4-7(12)2-3-9(8)13/h2-5H,1H3. The lowest BCUT2D eigenvalue weighted by molar-refractivity contribution is 0.101. The van der Waals surface area contributed by atoms with Crippen LogP contribution in [0.1, 0.15) is 16.7 Å². The molecule has 5 heteroatoms. The molecule has 0 saturated carbocycles. The van der Waals surface area contributed by atoms with Gasteiger partial charge in [-0.05, 0) is 18.2 Å². The first-order valence-electron chi connectivity index (χ1n) is 4.50. The molecule has 0 N–H and O–H groups in total. The third kappa shape index (κ3) is 2.20. The summed E-state index contributed by atoms with van der Waals surface area (Å²) in [5, 5.41) is 2.08. The van der Waals surface area contributed by atoms with Crippen molar-refractivity contribution in [3.63, 3.8) is 0 Å². The summed E-state index contributed by atoms with van der Waals surface area (Å²) in [6.07, 6.45) is 0. The van der Waals surface area contributed by atoms with Gasteiger partial charge in [0.25, 0.3) is 0 Å². The SMILES string of the molecule is CC(=O)c1nc(-c2cc(Br)ccc2F)cs1. The van der Waals surface area contributed by atoms with Crippen LogP contribution in [0.25, 0.3) is 11.3 Å². The molecule has 0 unspecified atom stereocenters. The molecule has 82 valence electrons. The molecule has 1 aromatic heterocycles. The molecule has 0 aliphatic carbocycles. The molecule has 0 spiro atoms. The van der Waals surface area contributed by atoms with Crippen LogP contribution in [0, 0.1) is 5.82 Å². The van der Waals surface area contributed by atoms with Crippen LogP contribution in [0.2, 0.25) is 0 Å². The van der Waals surface area contributed by atoms with Crippen LogP contribution in [-0.2, 0) is 0 Å². The van der Waals surface area contributed by atoms with Gasteiger partial charge in [-0.15, -0.1) is 11.3 Å². The van der Waals surface area contributed by atoms with Crippen molar-refractivity contribution in [2.24, 2.45) is 0 Å². The fraction of sp³-hybridized carbons (Fsp3) is 0.0909. The molecule has 0 fully saturated rings. The van der Waals surface area contributed by atoms with Gasteiger partial charge in [0.1, 0.15) is 5.82 Å². The maximum atomic E-state index is 13.5. The molecule has 0 radical (unpaired) electrons. The number of hydrogen-bond donors (Lipinski definition) is 0. The van der Waals surface area contributed by atoms with E-state index < -0.39 is 0 Å². The maximum Gasteiger partial charge on any atom is 0.188 e. The predicted octanol–water partition coefficient (Wildman–Crippen LogP) is 3.91. The lowest BCUT2D eigenvalue weighted by atomic mass is 10.1. The Balaban J connectivity index is 2.50. The van der Waals surface area contributed by atoms with Crippen molar-refractivity contribution in [3.8, 4) is 11.3 Å². The third-order valence-electron chi connectivity index (χ3n) is 2.01.